The molecule has 3 nitrogen and oxygen atoms in total. The first kappa shape index (κ1) is 13.6. The molecule has 19 heavy (non-hydrogen) atoms. The highest BCUT2D eigenvalue weighted by Crippen LogP contribution is 2.13. The van der Waals surface area contributed by atoms with Gasteiger partial charge in [0.1, 0.15) is 0 Å². The van der Waals surface area contributed by atoms with Crippen molar-refractivity contribution >= 4 is 17.6 Å². The number of hydrogen-bond acceptors (Lipinski definition) is 2. The Morgan fingerprint density at radius 1 is 1.05 bits per heavy atom. The Balaban J connectivity index is 1.96. The number of carbonyl (C=O) groups is 1. The van der Waals surface area contributed by atoms with Crippen molar-refractivity contribution in [3.8, 4) is 0 Å². The molecule has 0 heterocycles. The number of rotatable bonds is 5. The summed E-state index contributed by atoms with van der Waals surface area (Å²) in [6, 6.07) is 14.2. The molecule has 0 fully saturated rings. The number of ether oxygens (including phenoxy) is 1. The highest BCUT2D eigenvalue weighted by Gasteiger charge is 2.08. The van der Waals surface area contributed by atoms with Gasteiger partial charge in [-0.05, 0) is 29.3 Å². The van der Waals surface area contributed by atoms with Crippen LogP contribution in [0.4, 0.5) is 0 Å². The number of benzene rings is 2. The average Bonchev–Trinajstić information content (AvgIpc) is 2.41. The molecule has 0 aliphatic rings. The zero-order valence-electron chi connectivity index (χ0n) is 10.2. The minimum atomic E-state index is -0.939. The summed E-state index contributed by atoms with van der Waals surface area (Å²) in [6.45, 7) is 0.691. The van der Waals surface area contributed by atoms with Gasteiger partial charge in [-0.25, -0.2) is 4.79 Å². The van der Waals surface area contributed by atoms with Crippen molar-refractivity contribution in [3.05, 3.63) is 70.2 Å². The van der Waals surface area contributed by atoms with Crippen molar-refractivity contribution in [1.82, 2.24) is 0 Å². The molecule has 0 spiro atoms. The van der Waals surface area contributed by atoms with Gasteiger partial charge in [0.05, 0.1) is 18.8 Å². The van der Waals surface area contributed by atoms with E-state index in [-0.39, 0.29) is 12.2 Å². The molecular formula is C15H13ClO3. The van der Waals surface area contributed by atoms with Crippen molar-refractivity contribution in [2.75, 3.05) is 0 Å². The van der Waals surface area contributed by atoms with Crippen LogP contribution in [0, 0.1) is 0 Å². The molecule has 0 amide bonds. The number of hydrogen-bond donors (Lipinski definition) is 1. The molecule has 98 valence electrons. The summed E-state index contributed by atoms with van der Waals surface area (Å²) in [7, 11) is 0. The fourth-order valence-corrected chi connectivity index (χ4v) is 1.84. The summed E-state index contributed by atoms with van der Waals surface area (Å²) in [6.07, 6.45) is 0. The van der Waals surface area contributed by atoms with Gasteiger partial charge in [0.2, 0.25) is 0 Å². The van der Waals surface area contributed by atoms with Crippen LogP contribution in [0.3, 0.4) is 0 Å². The van der Waals surface area contributed by atoms with Crippen LogP contribution in [-0.4, -0.2) is 11.1 Å². The Morgan fingerprint density at radius 2 is 1.74 bits per heavy atom. The van der Waals surface area contributed by atoms with E-state index in [2.05, 4.69) is 0 Å². The number of halogens is 1. The maximum Gasteiger partial charge on any atom is 0.336 e. The molecule has 0 radical (unpaired) electrons. The first-order valence-corrected chi connectivity index (χ1v) is 6.18. The summed E-state index contributed by atoms with van der Waals surface area (Å²) in [5, 5.41) is 9.72. The third-order valence-corrected chi connectivity index (χ3v) is 2.94. The van der Waals surface area contributed by atoms with E-state index in [1.807, 2.05) is 12.1 Å². The smallest absolute Gasteiger partial charge is 0.336 e. The van der Waals surface area contributed by atoms with Gasteiger partial charge in [-0.15, -0.1) is 0 Å². The summed E-state index contributed by atoms with van der Waals surface area (Å²) >= 11 is 5.79. The van der Waals surface area contributed by atoms with Gasteiger partial charge in [-0.1, -0.05) is 41.9 Å². The third kappa shape index (κ3) is 3.81. The second-order valence-electron chi connectivity index (χ2n) is 4.08. The summed E-state index contributed by atoms with van der Waals surface area (Å²) < 4.78 is 5.53. The van der Waals surface area contributed by atoms with Gasteiger partial charge < -0.3 is 9.84 Å². The topological polar surface area (TPSA) is 46.5 Å². The summed E-state index contributed by atoms with van der Waals surface area (Å²) in [5.41, 5.74) is 1.94. The van der Waals surface area contributed by atoms with Crippen LogP contribution in [0.5, 0.6) is 0 Å². The summed E-state index contributed by atoms with van der Waals surface area (Å²) in [4.78, 5) is 11.0. The maximum atomic E-state index is 11.0. The Hall–Kier alpha value is -1.84. The van der Waals surface area contributed by atoms with Gasteiger partial charge in [0, 0.05) is 5.02 Å². The van der Waals surface area contributed by atoms with E-state index in [0.29, 0.717) is 17.2 Å². The van der Waals surface area contributed by atoms with E-state index >= 15 is 0 Å². The average molecular weight is 277 g/mol. The van der Waals surface area contributed by atoms with Gasteiger partial charge in [0.25, 0.3) is 0 Å². The second-order valence-corrected chi connectivity index (χ2v) is 4.52. The Morgan fingerprint density at radius 3 is 2.42 bits per heavy atom. The lowest BCUT2D eigenvalue weighted by Gasteiger charge is -2.07. The normalized spacial score (nSPS) is 10.4. The highest BCUT2D eigenvalue weighted by atomic mass is 35.5. The molecule has 0 saturated carbocycles. The molecule has 0 bridgehead atoms. The van der Waals surface area contributed by atoms with E-state index in [1.54, 1.807) is 36.4 Å². The van der Waals surface area contributed by atoms with Gasteiger partial charge in [-0.2, -0.15) is 0 Å². The lowest BCUT2D eigenvalue weighted by atomic mass is 10.1. The molecule has 2 aromatic carbocycles. The van der Waals surface area contributed by atoms with Gasteiger partial charge >= 0.3 is 5.97 Å². The number of aromatic carboxylic acids is 1. The van der Waals surface area contributed by atoms with Crippen LogP contribution >= 0.6 is 11.6 Å². The van der Waals surface area contributed by atoms with Crippen LogP contribution in [0.1, 0.15) is 21.5 Å². The molecular weight excluding hydrogens is 264 g/mol. The minimum Gasteiger partial charge on any atom is -0.478 e. The van der Waals surface area contributed by atoms with E-state index in [4.69, 9.17) is 21.4 Å². The molecule has 0 aliphatic heterocycles. The highest BCUT2D eigenvalue weighted by molar-refractivity contribution is 6.30. The zero-order valence-corrected chi connectivity index (χ0v) is 10.9. The lowest BCUT2D eigenvalue weighted by molar-refractivity contribution is 0.0684. The number of carboxylic acid groups (broad SMARTS) is 1. The molecule has 0 atom stereocenters. The van der Waals surface area contributed by atoms with Crippen molar-refractivity contribution in [1.29, 1.82) is 0 Å². The minimum absolute atomic E-state index is 0.269. The number of carboxylic acids is 1. The van der Waals surface area contributed by atoms with E-state index < -0.39 is 5.97 Å². The van der Waals surface area contributed by atoms with Crippen molar-refractivity contribution in [3.63, 3.8) is 0 Å². The first-order chi connectivity index (χ1) is 9.16. The quantitative estimate of drug-likeness (QED) is 0.904. The molecule has 1 N–H and O–H groups in total. The first-order valence-electron chi connectivity index (χ1n) is 5.80. The van der Waals surface area contributed by atoms with Gasteiger partial charge in [0.15, 0.2) is 0 Å². The second kappa shape index (κ2) is 6.36. The maximum absolute atomic E-state index is 11.0. The van der Waals surface area contributed by atoms with Crippen LogP contribution in [0.2, 0.25) is 5.02 Å². The molecule has 0 saturated heterocycles. The van der Waals surface area contributed by atoms with E-state index in [9.17, 15) is 4.79 Å². The monoisotopic (exact) mass is 276 g/mol. The molecule has 0 unspecified atom stereocenters. The van der Waals surface area contributed by atoms with Crippen LogP contribution in [0.25, 0.3) is 0 Å². The van der Waals surface area contributed by atoms with Crippen LogP contribution in [0.15, 0.2) is 48.5 Å². The fraction of sp³-hybridized carbons (Fsp3) is 0.133. The molecule has 2 rings (SSSR count). The lowest BCUT2D eigenvalue weighted by Crippen LogP contribution is -2.04. The van der Waals surface area contributed by atoms with Gasteiger partial charge in [-0.3, -0.25) is 0 Å². The standard InChI is InChI=1S/C15H13ClO3/c16-13-7-5-11(6-8-13)9-19-10-12-3-1-2-4-14(12)15(17)18/h1-8H,9-10H2,(H,17,18). The van der Waals surface area contributed by atoms with Crippen LogP contribution < -0.4 is 0 Å². The molecule has 2 aromatic rings. The van der Waals surface area contributed by atoms with Crippen molar-refractivity contribution in [2.45, 2.75) is 13.2 Å². The molecule has 4 heteroatoms. The van der Waals surface area contributed by atoms with E-state index in [1.165, 1.54) is 0 Å². The van der Waals surface area contributed by atoms with E-state index in [0.717, 1.165) is 5.56 Å². The van der Waals surface area contributed by atoms with Crippen LogP contribution in [-0.2, 0) is 18.0 Å². The predicted molar refractivity (Wildman–Crippen MR) is 73.3 cm³/mol. The molecule has 0 aromatic heterocycles. The SMILES string of the molecule is O=C(O)c1ccccc1COCc1ccc(Cl)cc1. The Labute approximate surface area is 116 Å². The largest absolute Gasteiger partial charge is 0.478 e. The Bertz CT molecular complexity index is 564. The molecule has 0 aliphatic carbocycles. The Kier molecular flexibility index (Phi) is 4.55. The van der Waals surface area contributed by atoms with Crippen molar-refractivity contribution in [2.24, 2.45) is 0 Å². The fourth-order valence-electron chi connectivity index (χ4n) is 1.71. The third-order valence-electron chi connectivity index (χ3n) is 2.69. The van der Waals surface area contributed by atoms with Crippen molar-refractivity contribution < 1.29 is 14.6 Å². The predicted octanol–water partition coefficient (Wildman–Crippen LogP) is 3.76. The summed E-state index contributed by atoms with van der Waals surface area (Å²) in [5.74, 6) is -0.939. The zero-order chi connectivity index (χ0) is 13.7.